The van der Waals surface area contributed by atoms with Crippen LogP contribution in [-0.4, -0.2) is 27.8 Å². The van der Waals surface area contributed by atoms with Crippen LogP contribution in [0.15, 0.2) is 58.4 Å². The molecule has 3 rings (SSSR count). The van der Waals surface area contributed by atoms with Gasteiger partial charge in [-0.05, 0) is 49.6 Å². The second-order valence-electron chi connectivity index (χ2n) is 6.36. The number of hydrogen-bond acceptors (Lipinski definition) is 6. The average Bonchev–Trinajstić information content (AvgIpc) is 3.53. The van der Waals surface area contributed by atoms with Crippen LogP contribution in [0.1, 0.15) is 49.4 Å². The lowest BCUT2D eigenvalue weighted by molar-refractivity contribution is 0.0968. The minimum atomic E-state index is -0.844. The van der Waals surface area contributed by atoms with E-state index in [-0.39, 0.29) is 22.6 Å². The molecule has 0 radical (unpaired) electrons. The van der Waals surface area contributed by atoms with Gasteiger partial charge in [0.25, 0.3) is 5.91 Å². The maximum absolute atomic E-state index is 14.2. The van der Waals surface area contributed by atoms with Gasteiger partial charge in [-0.25, -0.2) is 13.8 Å². The molecule has 0 bridgehead atoms. The zero-order valence-electron chi connectivity index (χ0n) is 18.7. The summed E-state index contributed by atoms with van der Waals surface area (Å²) >= 11 is 1.15. The summed E-state index contributed by atoms with van der Waals surface area (Å²) in [7, 11) is 0. The number of benzene rings is 1. The van der Waals surface area contributed by atoms with Gasteiger partial charge >= 0.3 is 0 Å². The zero-order chi connectivity index (χ0) is 23.7. The van der Waals surface area contributed by atoms with Crippen molar-refractivity contribution < 1.29 is 18.0 Å². The van der Waals surface area contributed by atoms with Crippen molar-refractivity contribution in [2.75, 3.05) is 6.67 Å². The molecule has 3 aromatic rings. The topological polar surface area (TPSA) is 80.9 Å². The van der Waals surface area contributed by atoms with Crippen molar-refractivity contribution in [2.45, 2.75) is 41.0 Å². The van der Waals surface area contributed by atoms with Gasteiger partial charge in [0.1, 0.15) is 22.4 Å². The standard InChI is InChI=1S/C21H20F2N4O2S.C2H6/c1-4-13(9-22)18(16(23)5-2)26-19(28)17-10-24-21(30-17)15-8-14(7-6-12(15)3)20-27-25-11-29-20;1-2/h5-8,10-11H,4,9H2,1-3H3,(H,26,28);1-2H3/b16-5+,18-13-;. The Morgan fingerprint density at radius 1 is 1.31 bits per heavy atom. The van der Waals surface area contributed by atoms with E-state index in [4.69, 9.17) is 4.42 Å². The molecule has 0 spiro atoms. The minimum Gasteiger partial charge on any atom is -0.423 e. The molecule has 0 aliphatic rings. The molecule has 0 aliphatic carbocycles. The number of rotatable bonds is 7. The molecule has 0 saturated heterocycles. The van der Waals surface area contributed by atoms with Crippen LogP contribution in [-0.2, 0) is 0 Å². The Kier molecular flexibility index (Phi) is 9.39. The number of carbonyl (C=O) groups excluding carboxylic acids is 1. The number of aryl methyl sites for hydroxylation is 1. The molecule has 1 aromatic carbocycles. The van der Waals surface area contributed by atoms with E-state index in [0.29, 0.717) is 10.9 Å². The number of amides is 1. The molecule has 1 amide bonds. The Hall–Kier alpha value is -3.20. The van der Waals surface area contributed by atoms with E-state index in [2.05, 4.69) is 20.5 Å². The third-order valence-electron chi connectivity index (χ3n) is 4.48. The summed E-state index contributed by atoms with van der Waals surface area (Å²) < 4.78 is 32.7. The average molecular weight is 461 g/mol. The van der Waals surface area contributed by atoms with Gasteiger partial charge in [0, 0.05) is 11.1 Å². The van der Waals surface area contributed by atoms with Crippen LogP contribution in [0, 0.1) is 6.92 Å². The number of thiazole rings is 1. The molecule has 9 heteroatoms. The number of halogens is 2. The van der Waals surface area contributed by atoms with E-state index in [1.54, 1.807) is 6.92 Å². The van der Waals surface area contributed by atoms with Crippen molar-refractivity contribution in [3.63, 3.8) is 0 Å². The molecule has 170 valence electrons. The first kappa shape index (κ1) is 25.1. The number of hydrogen-bond donors (Lipinski definition) is 1. The number of carbonyl (C=O) groups is 1. The Morgan fingerprint density at radius 2 is 2.06 bits per heavy atom. The second-order valence-corrected chi connectivity index (χ2v) is 7.39. The van der Waals surface area contributed by atoms with E-state index in [9.17, 15) is 13.6 Å². The highest BCUT2D eigenvalue weighted by Crippen LogP contribution is 2.31. The van der Waals surface area contributed by atoms with Gasteiger partial charge in [0.15, 0.2) is 0 Å². The molecule has 0 aliphatic heterocycles. The first-order valence-corrected chi connectivity index (χ1v) is 11.0. The molecule has 0 fully saturated rings. The Morgan fingerprint density at radius 3 is 2.66 bits per heavy atom. The molecule has 32 heavy (non-hydrogen) atoms. The van der Waals surface area contributed by atoms with Gasteiger partial charge in [-0.15, -0.1) is 21.5 Å². The molecular formula is C23H26F2N4O2S. The second kappa shape index (κ2) is 12.0. The molecular weight excluding hydrogens is 434 g/mol. The predicted octanol–water partition coefficient (Wildman–Crippen LogP) is 6.43. The van der Waals surface area contributed by atoms with Crippen LogP contribution in [0.3, 0.4) is 0 Å². The molecule has 0 unspecified atom stereocenters. The van der Waals surface area contributed by atoms with Gasteiger partial charge in [0.2, 0.25) is 12.3 Å². The fraction of sp³-hybridized carbons (Fsp3) is 0.304. The Labute approximate surface area is 190 Å². The van der Waals surface area contributed by atoms with E-state index >= 15 is 0 Å². The lowest BCUT2D eigenvalue weighted by atomic mass is 10.1. The van der Waals surface area contributed by atoms with Crippen LogP contribution in [0.2, 0.25) is 0 Å². The lowest BCUT2D eigenvalue weighted by Gasteiger charge is -2.11. The van der Waals surface area contributed by atoms with Crippen molar-refractivity contribution in [3.8, 4) is 22.0 Å². The van der Waals surface area contributed by atoms with Crippen molar-refractivity contribution >= 4 is 17.2 Å². The zero-order valence-corrected chi connectivity index (χ0v) is 19.5. The van der Waals surface area contributed by atoms with E-state index in [1.165, 1.54) is 25.6 Å². The molecule has 2 heterocycles. The van der Waals surface area contributed by atoms with Gasteiger partial charge in [-0.3, -0.25) is 4.79 Å². The highest BCUT2D eigenvalue weighted by Gasteiger charge is 2.19. The SMILES string of the molecule is C/C=C(F)\C(NC(=O)c1cnc(-c2cc(-c3nnco3)ccc2C)s1)=C(/CC)CF.CC. The van der Waals surface area contributed by atoms with Crippen LogP contribution >= 0.6 is 11.3 Å². The van der Waals surface area contributed by atoms with Crippen molar-refractivity contribution in [1.29, 1.82) is 0 Å². The molecule has 0 atom stereocenters. The van der Waals surface area contributed by atoms with Crippen LogP contribution in [0.5, 0.6) is 0 Å². The maximum atomic E-state index is 14.2. The quantitative estimate of drug-likeness (QED) is 0.411. The summed E-state index contributed by atoms with van der Waals surface area (Å²) in [6, 6.07) is 5.60. The van der Waals surface area contributed by atoms with E-state index in [0.717, 1.165) is 28.0 Å². The molecule has 2 aromatic heterocycles. The number of allylic oxidation sites excluding steroid dienone is 3. The Bertz CT molecular complexity index is 1100. The number of aromatic nitrogens is 3. The predicted molar refractivity (Wildman–Crippen MR) is 123 cm³/mol. The number of nitrogens with zero attached hydrogens (tertiary/aromatic N) is 3. The van der Waals surface area contributed by atoms with Crippen LogP contribution < -0.4 is 5.32 Å². The van der Waals surface area contributed by atoms with E-state index < -0.39 is 18.4 Å². The molecule has 1 N–H and O–H groups in total. The van der Waals surface area contributed by atoms with E-state index in [1.807, 2.05) is 39.0 Å². The monoisotopic (exact) mass is 460 g/mol. The normalized spacial score (nSPS) is 12.0. The van der Waals surface area contributed by atoms with Crippen LogP contribution in [0.4, 0.5) is 8.78 Å². The molecule has 0 saturated carbocycles. The van der Waals surface area contributed by atoms with Crippen molar-refractivity contribution in [1.82, 2.24) is 20.5 Å². The summed E-state index contributed by atoms with van der Waals surface area (Å²) in [5.41, 5.74) is 2.54. The summed E-state index contributed by atoms with van der Waals surface area (Å²) in [6.45, 7) is 8.26. The van der Waals surface area contributed by atoms with Gasteiger partial charge in [-0.1, -0.05) is 26.8 Å². The van der Waals surface area contributed by atoms with Crippen molar-refractivity contribution in [2.24, 2.45) is 0 Å². The third-order valence-corrected chi connectivity index (χ3v) is 5.51. The van der Waals surface area contributed by atoms with Crippen molar-refractivity contribution in [3.05, 3.63) is 64.4 Å². The fourth-order valence-electron chi connectivity index (χ4n) is 2.76. The summed E-state index contributed by atoms with van der Waals surface area (Å²) in [5, 5.41) is 10.7. The first-order chi connectivity index (χ1) is 15.5. The fourth-order valence-corrected chi connectivity index (χ4v) is 3.66. The maximum Gasteiger partial charge on any atom is 0.267 e. The summed E-state index contributed by atoms with van der Waals surface area (Å²) in [5.74, 6) is -0.845. The van der Waals surface area contributed by atoms with Crippen LogP contribution in [0.25, 0.3) is 22.0 Å². The summed E-state index contributed by atoms with van der Waals surface area (Å²) in [4.78, 5) is 17.3. The molecule has 6 nitrogen and oxygen atoms in total. The third kappa shape index (κ3) is 5.73. The van der Waals surface area contributed by atoms with Gasteiger partial charge < -0.3 is 9.73 Å². The smallest absolute Gasteiger partial charge is 0.267 e. The highest BCUT2D eigenvalue weighted by molar-refractivity contribution is 7.16. The van der Waals surface area contributed by atoms with Gasteiger partial charge in [-0.2, -0.15) is 0 Å². The number of nitrogens with one attached hydrogen (secondary N) is 1. The minimum absolute atomic E-state index is 0.128. The highest BCUT2D eigenvalue weighted by atomic mass is 32.1. The lowest BCUT2D eigenvalue weighted by Crippen LogP contribution is -2.24. The Balaban J connectivity index is 0.00000176. The van der Waals surface area contributed by atoms with Gasteiger partial charge in [0.05, 0.1) is 11.9 Å². The number of alkyl halides is 1. The largest absolute Gasteiger partial charge is 0.423 e. The first-order valence-electron chi connectivity index (χ1n) is 10.2. The summed E-state index contributed by atoms with van der Waals surface area (Å²) in [6.07, 6.45) is 4.13.